The molecule has 0 fully saturated rings. The Balaban J connectivity index is 2.26. The molecule has 0 amide bonds. The number of rotatable bonds is 2. The molecule has 0 saturated heterocycles. The number of hydrogen-bond donors (Lipinski definition) is 1. The molecule has 1 heterocycles. The van der Waals surface area contributed by atoms with Crippen LogP contribution in [0, 0.1) is 13.8 Å². The second kappa shape index (κ2) is 4.52. The van der Waals surface area contributed by atoms with E-state index >= 15 is 0 Å². The van der Waals surface area contributed by atoms with Crippen LogP contribution in [0.5, 0.6) is 0 Å². The maximum Gasteiger partial charge on any atom is 0.190 e. The van der Waals surface area contributed by atoms with Crippen LogP contribution in [0.4, 0.5) is 0 Å². The summed E-state index contributed by atoms with van der Waals surface area (Å²) in [5.41, 5.74) is 4.11. The Kier molecular flexibility index (Phi) is 3.09. The maximum absolute atomic E-state index is 12.2. The molecule has 2 nitrogen and oxygen atoms in total. The van der Waals surface area contributed by atoms with Crippen molar-refractivity contribution in [3.8, 4) is 0 Å². The number of hydrogen-bond acceptors (Lipinski definition) is 2. The molecule has 0 spiro atoms. The van der Waals surface area contributed by atoms with E-state index in [2.05, 4.69) is 12.2 Å². The Hall–Kier alpha value is -1.57. The zero-order valence-corrected chi connectivity index (χ0v) is 9.84. The summed E-state index contributed by atoms with van der Waals surface area (Å²) in [7, 11) is 0. The summed E-state index contributed by atoms with van der Waals surface area (Å²) < 4.78 is 0. The highest BCUT2D eigenvalue weighted by Crippen LogP contribution is 2.17. The molecule has 0 unspecified atom stereocenters. The van der Waals surface area contributed by atoms with Crippen LogP contribution in [0.2, 0.25) is 0 Å². The first kappa shape index (κ1) is 10.9. The summed E-state index contributed by atoms with van der Waals surface area (Å²) in [4.78, 5) is 12.2. The van der Waals surface area contributed by atoms with Gasteiger partial charge in [-0.3, -0.25) is 4.79 Å². The fourth-order valence-electron chi connectivity index (χ4n) is 1.90. The van der Waals surface area contributed by atoms with Crippen molar-refractivity contribution in [2.24, 2.45) is 0 Å². The Labute approximate surface area is 96.4 Å². The molecule has 0 radical (unpaired) electrons. The van der Waals surface area contributed by atoms with Crippen LogP contribution < -0.4 is 5.32 Å². The van der Waals surface area contributed by atoms with Crippen LogP contribution >= 0.6 is 0 Å². The Morgan fingerprint density at radius 3 is 2.69 bits per heavy atom. The van der Waals surface area contributed by atoms with E-state index in [9.17, 15) is 4.79 Å². The minimum atomic E-state index is 0.162. The van der Waals surface area contributed by atoms with E-state index < -0.39 is 0 Å². The molecule has 1 aromatic rings. The van der Waals surface area contributed by atoms with Gasteiger partial charge in [-0.25, -0.2) is 0 Å². The Morgan fingerprint density at radius 1 is 1.25 bits per heavy atom. The van der Waals surface area contributed by atoms with Crippen molar-refractivity contribution in [2.75, 3.05) is 6.54 Å². The summed E-state index contributed by atoms with van der Waals surface area (Å²) in [6.45, 7) is 5.08. The van der Waals surface area contributed by atoms with Crippen LogP contribution in [0.1, 0.15) is 34.3 Å². The third-order valence-corrected chi connectivity index (χ3v) is 3.10. The second-order valence-corrected chi connectivity index (χ2v) is 4.36. The van der Waals surface area contributed by atoms with Gasteiger partial charge in [-0.15, -0.1) is 0 Å². The Morgan fingerprint density at radius 2 is 2.06 bits per heavy atom. The first-order valence-electron chi connectivity index (χ1n) is 5.73. The predicted octanol–water partition coefficient (Wildman–Crippen LogP) is 2.75. The van der Waals surface area contributed by atoms with E-state index in [-0.39, 0.29) is 5.78 Å². The molecule has 2 heteroatoms. The van der Waals surface area contributed by atoms with Gasteiger partial charge in [0.25, 0.3) is 0 Å². The van der Waals surface area contributed by atoms with Gasteiger partial charge < -0.3 is 5.32 Å². The van der Waals surface area contributed by atoms with Crippen molar-refractivity contribution < 1.29 is 4.79 Å². The van der Waals surface area contributed by atoms with Gasteiger partial charge in [0.15, 0.2) is 5.78 Å². The van der Waals surface area contributed by atoms with Crippen molar-refractivity contribution in [3.63, 3.8) is 0 Å². The molecule has 0 aromatic heterocycles. The van der Waals surface area contributed by atoms with Gasteiger partial charge in [-0.2, -0.15) is 0 Å². The number of allylic oxidation sites excluding steroid dienone is 1. The van der Waals surface area contributed by atoms with Crippen LogP contribution in [0.3, 0.4) is 0 Å². The van der Waals surface area contributed by atoms with Crippen molar-refractivity contribution in [1.82, 2.24) is 5.32 Å². The lowest BCUT2D eigenvalue weighted by atomic mass is 9.96. The molecule has 84 valence electrons. The molecule has 0 atom stereocenters. The number of aryl methyl sites for hydroxylation is 2. The summed E-state index contributed by atoms with van der Waals surface area (Å²) in [6.07, 6.45) is 3.79. The van der Waals surface area contributed by atoms with Crippen LogP contribution in [-0.2, 0) is 0 Å². The quantitative estimate of drug-likeness (QED) is 0.768. The first-order valence-corrected chi connectivity index (χ1v) is 5.73. The minimum Gasteiger partial charge on any atom is -0.391 e. The molecule has 2 rings (SSSR count). The molecule has 1 N–H and O–H groups in total. The van der Waals surface area contributed by atoms with Gasteiger partial charge in [0.1, 0.15) is 0 Å². The van der Waals surface area contributed by atoms with Crippen molar-refractivity contribution in [2.45, 2.75) is 26.7 Å². The fraction of sp³-hybridized carbons (Fsp3) is 0.357. The molecule has 0 saturated carbocycles. The van der Waals surface area contributed by atoms with Crippen molar-refractivity contribution >= 4 is 5.78 Å². The summed E-state index contributed by atoms with van der Waals surface area (Å²) in [5, 5.41) is 3.13. The van der Waals surface area contributed by atoms with Crippen molar-refractivity contribution in [3.05, 3.63) is 46.7 Å². The molecular weight excluding hydrogens is 198 g/mol. The van der Waals surface area contributed by atoms with Crippen LogP contribution in [-0.4, -0.2) is 12.3 Å². The van der Waals surface area contributed by atoms with E-state index in [4.69, 9.17) is 0 Å². The van der Waals surface area contributed by atoms with Crippen molar-refractivity contribution in [1.29, 1.82) is 0 Å². The third-order valence-electron chi connectivity index (χ3n) is 3.10. The van der Waals surface area contributed by atoms with E-state index in [1.807, 2.05) is 31.3 Å². The van der Waals surface area contributed by atoms with Gasteiger partial charge in [-0.1, -0.05) is 12.1 Å². The number of carbonyl (C=O) groups is 1. The number of benzene rings is 1. The fourth-order valence-corrected chi connectivity index (χ4v) is 1.90. The SMILES string of the molecule is Cc1ccc(C(=O)C2=CNCCC2)cc1C. The lowest BCUT2D eigenvalue weighted by Gasteiger charge is -2.13. The van der Waals surface area contributed by atoms with Gasteiger partial charge in [0, 0.05) is 23.9 Å². The molecule has 0 bridgehead atoms. The third kappa shape index (κ3) is 2.16. The topological polar surface area (TPSA) is 29.1 Å². The highest BCUT2D eigenvalue weighted by molar-refractivity contribution is 6.08. The van der Waals surface area contributed by atoms with E-state index in [1.165, 1.54) is 11.1 Å². The zero-order chi connectivity index (χ0) is 11.5. The van der Waals surface area contributed by atoms with Gasteiger partial charge in [-0.05, 0) is 43.9 Å². The predicted molar refractivity (Wildman–Crippen MR) is 65.6 cm³/mol. The second-order valence-electron chi connectivity index (χ2n) is 4.36. The molecule has 0 aliphatic carbocycles. The monoisotopic (exact) mass is 215 g/mol. The highest BCUT2D eigenvalue weighted by atomic mass is 16.1. The first-order chi connectivity index (χ1) is 7.68. The molecule has 1 aromatic carbocycles. The molecular formula is C14H17NO. The van der Waals surface area contributed by atoms with Gasteiger partial charge in [0.2, 0.25) is 0 Å². The minimum absolute atomic E-state index is 0.162. The lowest BCUT2D eigenvalue weighted by molar-refractivity contribution is 0.102. The summed E-state index contributed by atoms with van der Waals surface area (Å²) >= 11 is 0. The zero-order valence-electron chi connectivity index (χ0n) is 9.84. The normalized spacial score (nSPS) is 15.2. The number of carbonyl (C=O) groups excluding carboxylic acids is 1. The van der Waals surface area contributed by atoms with Gasteiger partial charge >= 0.3 is 0 Å². The average Bonchev–Trinajstić information content (AvgIpc) is 2.33. The van der Waals surface area contributed by atoms with Gasteiger partial charge in [0.05, 0.1) is 0 Å². The molecule has 1 aliphatic heterocycles. The standard InChI is InChI=1S/C14H17NO/c1-10-5-6-12(8-11(10)2)14(16)13-4-3-7-15-9-13/h5-6,8-9,15H,3-4,7H2,1-2H3. The summed E-state index contributed by atoms with van der Waals surface area (Å²) in [6, 6.07) is 5.91. The highest BCUT2D eigenvalue weighted by Gasteiger charge is 2.14. The Bertz CT molecular complexity index is 446. The summed E-state index contributed by atoms with van der Waals surface area (Å²) in [5.74, 6) is 0.162. The van der Waals surface area contributed by atoms with E-state index in [0.29, 0.717) is 0 Å². The number of Topliss-reactive ketones (excluding diaryl/α,β-unsaturated/α-hetero) is 1. The molecule has 1 aliphatic rings. The van der Waals surface area contributed by atoms with Crippen LogP contribution in [0.15, 0.2) is 30.0 Å². The smallest absolute Gasteiger partial charge is 0.190 e. The van der Waals surface area contributed by atoms with Crippen LogP contribution in [0.25, 0.3) is 0 Å². The maximum atomic E-state index is 12.2. The average molecular weight is 215 g/mol. The number of ketones is 1. The number of nitrogens with one attached hydrogen (secondary N) is 1. The van der Waals surface area contributed by atoms with E-state index in [1.54, 1.807) is 0 Å². The molecule has 16 heavy (non-hydrogen) atoms. The largest absolute Gasteiger partial charge is 0.391 e. The lowest BCUT2D eigenvalue weighted by Crippen LogP contribution is -2.18. The van der Waals surface area contributed by atoms with E-state index in [0.717, 1.165) is 30.5 Å².